The maximum absolute atomic E-state index is 11.6. The van der Waals surface area contributed by atoms with E-state index in [4.69, 9.17) is 5.73 Å². The van der Waals surface area contributed by atoms with Crippen LogP contribution >= 0.6 is 0 Å². The van der Waals surface area contributed by atoms with Crippen LogP contribution < -0.4 is 11.1 Å². The topological polar surface area (TPSA) is 68.0 Å². The second-order valence-corrected chi connectivity index (χ2v) is 5.32. The molecule has 0 atom stereocenters. The van der Waals surface area contributed by atoms with Gasteiger partial charge in [-0.1, -0.05) is 19.9 Å². The second kappa shape index (κ2) is 7.11. The van der Waals surface area contributed by atoms with E-state index in [1.807, 2.05) is 32.0 Å². The van der Waals surface area contributed by atoms with Crippen molar-refractivity contribution in [2.75, 3.05) is 13.1 Å². The molecular weight excluding hydrogens is 226 g/mol. The first-order valence-corrected chi connectivity index (χ1v) is 6.40. The first-order valence-electron chi connectivity index (χ1n) is 6.40. The number of hydrogen-bond acceptors (Lipinski definition) is 3. The smallest absolute Gasteiger partial charge is 0.220 e. The molecule has 1 aromatic rings. The standard InChI is InChI=1S/C14H23N3O/c1-14(2,10-15)11-17-13(18)8-5-7-12-6-3-4-9-16-12/h3-4,6,9H,5,7-8,10-11,15H2,1-2H3,(H,17,18). The van der Waals surface area contributed by atoms with Gasteiger partial charge in [0.1, 0.15) is 0 Å². The predicted molar refractivity (Wildman–Crippen MR) is 73.0 cm³/mol. The number of pyridine rings is 1. The Morgan fingerprint density at radius 1 is 1.44 bits per heavy atom. The molecule has 0 spiro atoms. The minimum absolute atomic E-state index is 0.0311. The number of aromatic nitrogens is 1. The van der Waals surface area contributed by atoms with Crippen molar-refractivity contribution in [1.29, 1.82) is 0 Å². The van der Waals surface area contributed by atoms with Crippen molar-refractivity contribution >= 4 is 5.91 Å². The average Bonchev–Trinajstić information content (AvgIpc) is 2.38. The number of carbonyl (C=O) groups is 1. The molecule has 1 aromatic heterocycles. The SMILES string of the molecule is CC(C)(CN)CNC(=O)CCCc1ccccn1. The van der Waals surface area contributed by atoms with Gasteiger partial charge in [0.15, 0.2) is 0 Å². The Bertz CT molecular complexity index is 363. The first-order chi connectivity index (χ1) is 8.53. The number of hydrogen-bond donors (Lipinski definition) is 2. The fraction of sp³-hybridized carbons (Fsp3) is 0.571. The Balaban J connectivity index is 2.18. The molecule has 1 heterocycles. The fourth-order valence-electron chi connectivity index (χ4n) is 1.47. The van der Waals surface area contributed by atoms with Gasteiger partial charge in [-0.05, 0) is 36.9 Å². The molecule has 0 radical (unpaired) electrons. The van der Waals surface area contributed by atoms with E-state index >= 15 is 0 Å². The highest BCUT2D eigenvalue weighted by molar-refractivity contribution is 5.75. The highest BCUT2D eigenvalue weighted by Crippen LogP contribution is 2.10. The zero-order valence-electron chi connectivity index (χ0n) is 11.3. The monoisotopic (exact) mass is 249 g/mol. The molecule has 100 valence electrons. The van der Waals surface area contributed by atoms with Crippen molar-refractivity contribution in [2.45, 2.75) is 33.1 Å². The van der Waals surface area contributed by atoms with E-state index in [2.05, 4.69) is 10.3 Å². The number of nitrogens with two attached hydrogens (primary N) is 1. The third kappa shape index (κ3) is 5.77. The molecule has 0 aromatic carbocycles. The van der Waals surface area contributed by atoms with Crippen LogP contribution in [-0.2, 0) is 11.2 Å². The summed E-state index contributed by atoms with van der Waals surface area (Å²) in [5, 5.41) is 2.92. The van der Waals surface area contributed by atoms with Crippen LogP contribution in [0.4, 0.5) is 0 Å². The van der Waals surface area contributed by atoms with Crippen LogP contribution in [0.25, 0.3) is 0 Å². The summed E-state index contributed by atoms with van der Waals surface area (Å²) in [5.74, 6) is 0.0902. The fourth-order valence-corrected chi connectivity index (χ4v) is 1.47. The van der Waals surface area contributed by atoms with E-state index in [-0.39, 0.29) is 11.3 Å². The molecule has 0 unspecified atom stereocenters. The van der Waals surface area contributed by atoms with Gasteiger partial charge < -0.3 is 11.1 Å². The van der Waals surface area contributed by atoms with Gasteiger partial charge in [-0.25, -0.2) is 0 Å². The Labute approximate surface area is 109 Å². The minimum atomic E-state index is -0.0311. The lowest BCUT2D eigenvalue weighted by Crippen LogP contribution is -2.38. The van der Waals surface area contributed by atoms with Crippen LogP contribution in [0.5, 0.6) is 0 Å². The Hall–Kier alpha value is -1.42. The molecule has 1 amide bonds. The number of nitrogens with zero attached hydrogens (tertiary/aromatic N) is 1. The second-order valence-electron chi connectivity index (χ2n) is 5.32. The van der Waals surface area contributed by atoms with Gasteiger partial charge in [0, 0.05) is 24.9 Å². The maximum Gasteiger partial charge on any atom is 0.220 e. The van der Waals surface area contributed by atoms with Gasteiger partial charge in [0.05, 0.1) is 0 Å². The van der Waals surface area contributed by atoms with E-state index in [0.717, 1.165) is 18.5 Å². The summed E-state index contributed by atoms with van der Waals surface area (Å²) in [5.41, 5.74) is 6.61. The molecule has 0 saturated carbocycles. The molecule has 18 heavy (non-hydrogen) atoms. The normalized spacial score (nSPS) is 11.3. The third-order valence-corrected chi connectivity index (χ3v) is 2.88. The lowest BCUT2D eigenvalue weighted by atomic mass is 9.94. The Kier molecular flexibility index (Phi) is 5.78. The van der Waals surface area contributed by atoms with Gasteiger partial charge in [0.25, 0.3) is 0 Å². The van der Waals surface area contributed by atoms with Crippen molar-refractivity contribution in [1.82, 2.24) is 10.3 Å². The van der Waals surface area contributed by atoms with Crippen molar-refractivity contribution in [2.24, 2.45) is 11.1 Å². The summed E-state index contributed by atoms with van der Waals surface area (Å²) in [6.07, 6.45) is 3.98. The van der Waals surface area contributed by atoms with E-state index in [1.54, 1.807) is 6.20 Å². The van der Waals surface area contributed by atoms with E-state index < -0.39 is 0 Å². The molecule has 0 bridgehead atoms. The number of rotatable bonds is 7. The van der Waals surface area contributed by atoms with Crippen LogP contribution in [-0.4, -0.2) is 24.0 Å². The van der Waals surface area contributed by atoms with Crippen LogP contribution in [0.2, 0.25) is 0 Å². The number of amides is 1. The molecule has 0 fully saturated rings. The van der Waals surface area contributed by atoms with Crippen molar-refractivity contribution in [3.05, 3.63) is 30.1 Å². The maximum atomic E-state index is 11.6. The Morgan fingerprint density at radius 2 is 2.22 bits per heavy atom. The number of aryl methyl sites for hydroxylation is 1. The summed E-state index contributed by atoms with van der Waals surface area (Å²) in [6, 6.07) is 5.84. The summed E-state index contributed by atoms with van der Waals surface area (Å²) < 4.78 is 0. The van der Waals surface area contributed by atoms with Crippen LogP contribution in [0.1, 0.15) is 32.4 Å². The van der Waals surface area contributed by atoms with Gasteiger partial charge in [-0.15, -0.1) is 0 Å². The summed E-state index contributed by atoms with van der Waals surface area (Å²) in [6.45, 7) is 5.29. The summed E-state index contributed by atoms with van der Waals surface area (Å²) in [4.78, 5) is 15.8. The minimum Gasteiger partial charge on any atom is -0.356 e. The van der Waals surface area contributed by atoms with Crippen molar-refractivity contribution in [3.8, 4) is 0 Å². The Morgan fingerprint density at radius 3 is 2.83 bits per heavy atom. The highest BCUT2D eigenvalue weighted by Gasteiger charge is 2.16. The van der Waals surface area contributed by atoms with Gasteiger partial charge in [-0.2, -0.15) is 0 Å². The number of nitrogens with one attached hydrogen (secondary N) is 1. The molecule has 0 aliphatic rings. The third-order valence-electron chi connectivity index (χ3n) is 2.88. The lowest BCUT2D eigenvalue weighted by molar-refractivity contribution is -0.121. The molecule has 0 aliphatic heterocycles. The molecule has 4 nitrogen and oxygen atoms in total. The van der Waals surface area contributed by atoms with E-state index in [9.17, 15) is 4.79 Å². The molecule has 1 rings (SSSR count). The first kappa shape index (κ1) is 14.6. The van der Waals surface area contributed by atoms with Crippen LogP contribution in [0.3, 0.4) is 0 Å². The van der Waals surface area contributed by atoms with Gasteiger partial charge in [-0.3, -0.25) is 9.78 Å². The van der Waals surface area contributed by atoms with Gasteiger partial charge >= 0.3 is 0 Å². The van der Waals surface area contributed by atoms with Crippen molar-refractivity contribution < 1.29 is 4.79 Å². The number of carbonyl (C=O) groups excluding carboxylic acids is 1. The van der Waals surface area contributed by atoms with Gasteiger partial charge in [0.2, 0.25) is 5.91 Å². The molecule has 0 saturated heterocycles. The molecule has 0 aliphatic carbocycles. The molecule has 4 heteroatoms. The summed E-state index contributed by atoms with van der Waals surface area (Å²) in [7, 11) is 0. The summed E-state index contributed by atoms with van der Waals surface area (Å²) >= 11 is 0. The highest BCUT2D eigenvalue weighted by atomic mass is 16.1. The van der Waals surface area contributed by atoms with Crippen LogP contribution in [0, 0.1) is 5.41 Å². The zero-order chi connectivity index (χ0) is 13.4. The molecular formula is C14H23N3O. The molecule has 3 N–H and O–H groups in total. The largest absolute Gasteiger partial charge is 0.356 e. The lowest BCUT2D eigenvalue weighted by Gasteiger charge is -2.22. The van der Waals surface area contributed by atoms with E-state index in [1.165, 1.54) is 0 Å². The predicted octanol–water partition coefficient (Wildman–Crippen LogP) is 1.51. The quantitative estimate of drug-likeness (QED) is 0.769. The van der Waals surface area contributed by atoms with Crippen molar-refractivity contribution in [3.63, 3.8) is 0 Å². The van der Waals surface area contributed by atoms with E-state index in [0.29, 0.717) is 19.5 Å². The zero-order valence-corrected chi connectivity index (χ0v) is 11.3. The van der Waals surface area contributed by atoms with Crippen LogP contribution in [0.15, 0.2) is 24.4 Å². The average molecular weight is 249 g/mol.